The lowest BCUT2D eigenvalue weighted by Gasteiger charge is -2.30. The summed E-state index contributed by atoms with van der Waals surface area (Å²) in [6, 6.07) is 7.61. The van der Waals surface area contributed by atoms with Crippen LogP contribution < -0.4 is 5.73 Å². The summed E-state index contributed by atoms with van der Waals surface area (Å²) in [6.07, 6.45) is 2.88. The average molecular weight is 261 g/mol. The van der Waals surface area contributed by atoms with Crippen LogP contribution in [0.4, 0.5) is 0 Å². The normalized spacial score (nSPS) is 20.5. The number of rotatable bonds is 2. The number of ether oxygens (including phenoxy) is 1. The van der Waals surface area contributed by atoms with Crippen molar-refractivity contribution in [3.05, 3.63) is 35.4 Å². The first kappa shape index (κ1) is 14.1. The largest absolute Gasteiger partial charge is 0.456 e. The predicted octanol–water partition coefficient (Wildman–Crippen LogP) is 2.98. The Bertz CT molecular complexity index is 462. The maximum atomic E-state index is 12.1. The second kappa shape index (κ2) is 5.33. The van der Waals surface area contributed by atoms with E-state index >= 15 is 0 Å². The highest BCUT2D eigenvalue weighted by molar-refractivity contribution is 5.76. The van der Waals surface area contributed by atoms with Gasteiger partial charge in [0.2, 0.25) is 0 Å². The van der Waals surface area contributed by atoms with Gasteiger partial charge in [-0.25, -0.2) is 0 Å². The van der Waals surface area contributed by atoms with E-state index in [-0.39, 0.29) is 17.5 Å². The number of nitrogens with two attached hydrogens (primary N) is 1. The highest BCUT2D eigenvalue weighted by atomic mass is 16.5. The molecule has 0 aromatic heterocycles. The van der Waals surface area contributed by atoms with Gasteiger partial charge in [0, 0.05) is 0 Å². The third kappa shape index (κ3) is 3.16. The Morgan fingerprint density at radius 2 is 2.05 bits per heavy atom. The summed E-state index contributed by atoms with van der Waals surface area (Å²) in [6.45, 7) is 5.86. The summed E-state index contributed by atoms with van der Waals surface area (Å²) in [5, 5.41) is 0. The molecule has 2 rings (SSSR count). The minimum absolute atomic E-state index is 0.133. The van der Waals surface area contributed by atoms with Crippen LogP contribution in [0.3, 0.4) is 0 Å². The molecule has 0 aliphatic heterocycles. The number of benzene rings is 1. The fourth-order valence-electron chi connectivity index (χ4n) is 2.40. The Hall–Kier alpha value is -1.35. The molecule has 1 unspecified atom stereocenters. The number of hydrogen-bond acceptors (Lipinski definition) is 3. The van der Waals surface area contributed by atoms with Crippen molar-refractivity contribution < 1.29 is 9.53 Å². The molecule has 1 aromatic rings. The quantitative estimate of drug-likeness (QED) is 0.833. The van der Waals surface area contributed by atoms with E-state index in [4.69, 9.17) is 10.5 Å². The molecule has 0 heterocycles. The standard InChI is InChI=1S/C16H23NO2/c1-16(2,3)14(17)15(18)19-13-10-6-8-11-7-4-5-9-12(11)13/h4-5,7,9,13-14H,6,8,10,17H2,1-3H3/t13?,14-/m0/s1. The number of esters is 1. The second-order valence-corrected chi connectivity index (χ2v) is 6.36. The highest BCUT2D eigenvalue weighted by Crippen LogP contribution is 2.33. The first-order valence-electron chi connectivity index (χ1n) is 6.93. The van der Waals surface area contributed by atoms with E-state index < -0.39 is 6.04 Å². The van der Waals surface area contributed by atoms with Gasteiger partial charge in [0.15, 0.2) is 0 Å². The summed E-state index contributed by atoms with van der Waals surface area (Å²) in [5.41, 5.74) is 8.11. The maximum absolute atomic E-state index is 12.1. The summed E-state index contributed by atoms with van der Waals surface area (Å²) in [5.74, 6) is -0.297. The van der Waals surface area contributed by atoms with Crippen LogP contribution in [0.2, 0.25) is 0 Å². The second-order valence-electron chi connectivity index (χ2n) is 6.36. The van der Waals surface area contributed by atoms with E-state index in [2.05, 4.69) is 12.1 Å². The lowest BCUT2D eigenvalue weighted by atomic mass is 9.87. The molecule has 0 saturated heterocycles. The van der Waals surface area contributed by atoms with Crippen LogP contribution in [0.5, 0.6) is 0 Å². The summed E-state index contributed by atoms with van der Waals surface area (Å²) < 4.78 is 5.64. The molecule has 2 atom stereocenters. The van der Waals surface area contributed by atoms with E-state index in [0.717, 1.165) is 24.8 Å². The molecule has 0 spiro atoms. The van der Waals surface area contributed by atoms with E-state index in [1.54, 1.807) is 0 Å². The predicted molar refractivity (Wildman–Crippen MR) is 75.6 cm³/mol. The molecule has 0 amide bonds. The van der Waals surface area contributed by atoms with Gasteiger partial charge in [0.1, 0.15) is 12.1 Å². The van der Waals surface area contributed by atoms with Gasteiger partial charge in [-0.15, -0.1) is 0 Å². The summed E-state index contributed by atoms with van der Waals surface area (Å²) in [4.78, 5) is 12.1. The van der Waals surface area contributed by atoms with E-state index in [1.807, 2.05) is 32.9 Å². The maximum Gasteiger partial charge on any atom is 0.324 e. The zero-order chi connectivity index (χ0) is 14.0. The fourth-order valence-corrected chi connectivity index (χ4v) is 2.40. The number of hydrogen-bond donors (Lipinski definition) is 1. The van der Waals surface area contributed by atoms with Gasteiger partial charge in [-0.3, -0.25) is 4.79 Å². The van der Waals surface area contributed by atoms with Crippen LogP contribution in [0.15, 0.2) is 24.3 Å². The first-order valence-corrected chi connectivity index (χ1v) is 6.93. The van der Waals surface area contributed by atoms with Gasteiger partial charge in [-0.2, -0.15) is 0 Å². The van der Waals surface area contributed by atoms with Gasteiger partial charge in [-0.05, 0) is 35.8 Å². The van der Waals surface area contributed by atoms with Crippen molar-refractivity contribution >= 4 is 5.97 Å². The van der Waals surface area contributed by atoms with E-state index in [0.29, 0.717) is 0 Å². The topological polar surface area (TPSA) is 52.3 Å². The third-order valence-electron chi connectivity index (χ3n) is 3.76. The van der Waals surface area contributed by atoms with Crippen molar-refractivity contribution in [2.24, 2.45) is 11.1 Å². The molecule has 1 aromatic carbocycles. The average Bonchev–Trinajstić information content (AvgIpc) is 2.37. The molecular weight excluding hydrogens is 238 g/mol. The number of carbonyl (C=O) groups excluding carboxylic acids is 1. The van der Waals surface area contributed by atoms with E-state index in [9.17, 15) is 4.79 Å². The van der Waals surface area contributed by atoms with Crippen molar-refractivity contribution in [3.8, 4) is 0 Å². The molecule has 0 bridgehead atoms. The molecule has 2 N–H and O–H groups in total. The molecule has 19 heavy (non-hydrogen) atoms. The molecule has 1 aliphatic carbocycles. The van der Waals surface area contributed by atoms with Crippen LogP contribution >= 0.6 is 0 Å². The van der Waals surface area contributed by atoms with Gasteiger partial charge in [-0.1, -0.05) is 45.0 Å². The van der Waals surface area contributed by atoms with Gasteiger partial charge < -0.3 is 10.5 Å². The van der Waals surface area contributed by atoms with Crippen molar-refractivity contribution in [1.29, 1.82) is 0 Å². The van der Waals surface area contributed by atoms with E-state index in [1.165, 1.54) is 5.56 Å². The summed E-state index contributed by atoms with van der Waals surface area (Å²) >= 11 is 0. The summed E-state index contributed by atoms with van der Waals surface area (Å²) in [7, 11) is 0. The Morgan fingerprint density at radius 1 is 1.37 bits per heavy atom. The lowest BCUT2D eigenvalue weighted by Crippen LogP contribution is -2.43. The van der Waals surface area contributed by atoms with Crippen LogP contribution in [-0.2, 0) is 16.0 Å². The first-order chi connectivity index (χ1) is 8.89. The van der Waals surface area contributed by atoms with Gasteiger partial charge in [0.25, 0.3) is 0 Å². The zero-order valence-corrected chi connectivity index (χ0v) is 12.0. The smallest absolute Gasteiger partial charge is 0.324 e. The minimum Gasteiger partial charge on any atom is -0.456 e. The van der Waals surface area contributed by atoms with Crippen LogP contribution in [0.1, 0.15) is 50.8 Å². The fraction of sp³-hybridized carbons (Fsp3) is 0.562. The van der Waals surface area contributed by atoms with Crippen LogP contribution in [0.25, 0.3) is 0 Å². The highest BCUT2D eigenvalue weighted by Gasteiger charge is 2.32. The van der Waals surface area contributed by atoms with Crippen molar-refractivity contribution in [3.63, 3.8) is 0 Å². The molecule has 0 radical (unpaired) electrons. The molecule has 0 saturated carbocycles. The van der Waals surface area contributed by atoms with Crippen LogP contribution in [-0.4, -0.2) is 12.0 Å². The Morgan fingerprint density at radius 3 is 2.74 bits per heavy atom. The Labute approximate surface area is 115 Å². The van der Waals surface area contributed by atoms with Crippen molar-refractivity contribution in [2.75, 3.05) is 0 Å². The Balaban J connectivity index is 2.11. The van der Waals surface area contributed by atoms with Crippen molar-refractivity contribution in [2.45, 2.75) is 52.2 Å². The molecule has 3 nitrogen and oxygen atoms in total. The zero-order valence-electron chi connectivity index (χ0n) is 12.0. The van der Waals surface area contributed by atoms with Crippen LogP contribution in [0, 0.1) is 5.41 Å². The number of carbonyl (C=O) groups is 1. The van der Waals surface area contributed by atoms with Gasteiger partial charge >= 0.3 is 5.97 Å². The molecule has 3 heteroatoms. The number of aryl methyl sites for hydroxylation is 1. The number of fused-ring (bicyclic) bond motifs is 1. The molecular formula is C16H23NO2. The molecule has 0 fully saturated rings. The molecule has 104 valence electrons. The van der Waals surface area contributed by atoms with Crippen molar-refractivity contribution in [1.82, 2.24) is 0 Å². The monoisotopic (exact) mass is 261 g/mol. The lowest BCUT2D eigenvalue weighted by molar-refractivity contribution is -0.154. The third-order valence-corrected chi connectivity index (χ3v) is 3.76. The SMILES string of the molecule is CC(C)(C)[C@@H](N)C(=O)OC1CCCc2ccccc21. The Kier molecular flexibility index (Phi) is 3.95. The van der Waals surface area contributed by atoms with Gasteiger partial charge in [0.05, 0.1) is 0 Å². The minimum atomic E-state index is -0.582. The molecule has 1 aliphatic rings.